The number of hydrogen-bond acceptors (Lipinski definition) is 5. The number of nitrogens with one attached hydrogen (secondary N) is 1. The second-order valence-corrected chi connectivity index (χ2v) is 9.06. The molecule has 0 atom stereocenters. The van der Waals surface area contributed by atoms with E-state index >= 15 is 0 Å². The van der Waals surface area contributed by atoms with Crippen LogP contribution in [0.1, 0.15) is 51.4 Å². The van der Waals surface area contributed by atoms with Crippen LogP contribution in [0.2, 0.25) is 0 Å². The lowest BCUT2D eigenvalue weighted by Gasteiger charge is -2.47. The third kappa shape index (κ3) is 5.95. The molecule has 0 spiro atoms. The fourth-order valence-corrected chi connectivity index (χ4v) is 3.65. The second kappa shape index (κ2) is 8.29. The van der Waals surface area contributed by atoms with Crippen molar-refractivity contribution in [2.75, 3.05) is 26.2 Å². The van der Waals surface area contributed by atoms with Gasteiger partial charge in [-0.2, -0.15) is 11.3 Å². The molecule has 1 saturated heterocycles. The minimum absolute atomic E-state index is 0.0329. The van der Waals surface area contributed by atoms with Crippen molar-refractivity contribution in [3.63, 3.8) is 0 Å². The highest BCUT2D eigenvalue weighted by Gasteiger charge is 2.39. The summed E-state index contributed by atoms with van der Waals surface area (Å²) in [6.07, 6.45) is -0.128. The molecule has 1 N–H and O–H groups in total. The molecule has 1 aromatic heterocycles. The Kier molecular flexibility index (Phi) is 6.51. The van der Waals surface area contributed by atoms with Gasteiger partial charge in [-0.1, -0.05) is 0 Å². The zero-order chi connectivity index (χ0) is 20.2. The molecule has 1 aliphatic rings. The molecular weight excluding hydrogens is 366 g/mol. The summed E-state index contributed by atoms with van der Waals surface area (Å²) in [5.74, 6) is -0.201. The Bertz CT molecular complexity index is 680. The van der Waals surface area contributed by atoms with Crippen molar-refractivity contribution >= 4 is 29.2 Å². The largest absolute Gasteiger partial charge is 0.444 e. The van der Waals surface area contributed by atoms with Crippen LogP contribution in [-0.2, 0) is 9.53 Å². The van der Waals surface area contributed by atoms with Crippen LogP contribution in [0.25, 0.3) is 0 Å². The highest BCUT2D eigenvalue weighted by Crippen LogP contribution is 2.23. The van der Waals surface area contributed by atoms with Crippen LogP contribution in [0.5, 0.6) is 0 Å². The summed E-state index contributed by atoms with van der Waals surface area (Å²) in [7, 11) is 0. The molecule has 0 saturated carbocycles. The summed E-state index contributed by atoms with van der Waals surface area (Å²) < 4.78 is 5.43. The van der Waals surface area contributed by atoms with Crippen LogP contribution in [0, 0.1) is 0 Å². The van der Waals surface area contributed by atoms with E-state index in [0.717, 1.165) is 0 Å². The van der Waals surface area contributed by atoms with Crippen LogP contribution in [-0.4, -0.2) is 65.0 Å². The fraction of sp³-hybridized carbons (Fsp3) is 0.632. The maximum Gasteiger partial charge on any atom is 0.410 e. The van der Waals surface area contributed by atoms with E-state index < -0.39 is 11.1 Å². The van der Waals surface area contributed by atoms with Gasteiger partial charge in [-0.25, -0.2) is 4.79 Å². The van der Waals surface area contributed by atoms with Crippen molar-refractivity contribution in [2.24, 2.45) is 0 Å². The van der Waals surface area contributed by atoms with Gasteiger partial charge in [-0.3, -0.25) is 9.59 Å². The molecule has 27 heavy (non-hydrogen) atoms. The van der Waals surface area contributed by atoms with Crippen molar-refractivity contribution in [3.8, 4) is 0 Å². The molecule has 3 amide bonds. The van der Waals surface area contributed by atoms with Crippen molar-refractivity contribution in [3.05, 3.63) is 22.4 Å². The van der Waals surface area contributed by atoms with Crippen molar-refractivity contribution < 1.29 is 19.1 Å². The molecule has 8 heteroatoms. The van der Waals surface area contributed by atoms with Gasteiger partial charge in [0.05, 0.1) is 5.54 Å². The summed E-state index contributed by atoms with van der Waals surface area (Å²) >= 11 is 1.46. The van der Waals surface area contributed by atoms with Gasteiger partial charge in [0.2, 0.25) is 5.91 Å². The standard InChI is InChI=1S/C19H29N3O4S/c1-18(2,3)26-17(25)21-9-10-22(19(4,5)13-21)15(23)6-8-20-16(24)14-7-11-27-12-14/h7,11-12H,6,8-10,13H2,1-5H3,(H,20,24). The molecule has 1 aliphatic heterocycles. The Balaban J connectivity index is 1.85. The number of piperazine rings is 1. The summed E-state index contributed by atoms with van der Waals surface area (Å²) in [5, 5.41) is 6.38. The van der Waals surface area contributed by atoms with E-state index in [1.54, 1.807) is 21.2 Å². The second-order valence-electron chi connectivity index (χ2n) is 8.28. The fourth-order valence-electron chi connectivity index (χ4n) is 3.01. The van der Waals surface area contributed by atoms with Crippen molar-refractivity contribution in [1.82, 2.24) is 15.1 Å². The smallest absolute Gasteiger partial charge is 0.410 e. The average molecular weight is 396 g/mol. The highest BCUT2D eigenvalue weighted by atomic mass is 32.1. The highest BCUT2D eigenvalue weighted by molar-refractivity contribution is 7.08. The predicted octanol–water partition coefficient (Wildman–Crippen LogP) is 2.73. The maximum absolute atomic E-state index is 12.6. The van der Waals surface area contributed by atoms with Gasteiger partial charge in [0.1, 0.15) is 5.60 Å². The van der Waals surface area contributed by atoms with Gasteiger partial charge >= 0.3 is 6.09 Å². The number of amides is 3. The average Bonchev–Trinajstić information content (AvgIpc) is 3.06. The molecule has 150 valence electrons. The Morgan fingerprint density at radius 1 is 1.26 bits per heavy atom. The predicted molar refractivity (Wildman–Crippen MR) is 105 cm³/mol. The lowest BCUT2D eigenvalue weighted by atomic mass is 9.98. The number of thiophene rings is 1. The van der Waals surface area contributed by atoms with Gasteiger partial charge in [-0.05, 0) is 46.1 Å². The first-order valence-corrected chi connectivity index (χ1v) is 10.0. The normalized spacial score (nSPS) is 16.8. The van der Waals surface area contributed by atoms with E-state index in [2.05, 4.69) is 5.32 Å². The van der Waals surface area contributed by atoms with Crippen LogP contribution in [0.15, 0.2) is 16.8 Å². The van der Waals surface area contributed by atoms with E-state index in [4.69, 9.17) is 4.74 Å². The molecule has 2 rings (SSSR count). The number of nitrogens with zero attached hydrogens (tertiary/aromatic N) is 2. The van der Waals surface area contributed by atoms with Crippen LogP contribution in [0.3, 0.4) is 0 Å². The molecule has 0 unspecified atom stereocenters. The van der Waals surface area contributed by atoms with E-state index in [9.17, 15) is 14.4 Å². The molecule has 2 heterocycles. The van der Waals surface area contributed by atoms with Gasteiger partial charge < -0.3 is 19.9 Å². The zero-order valence-corrected chi connectivity index (χ0v) is 17.5. The Hall–Kier alpha value is -2.09. The molecule has 0 bridgehead atoms. The van der Waals surface area contributed by atoms with Gasteiger partial charge in [-0.15, -0.1) is 0 Å². The number of carbonyl (C=O) groups is 3. The van der Waals surface area contributed by atoms with Crippen LogP contribution >= 0.6 is 11.3 Å². The zero-order valence-electron chi connectivity index (χ0n) is 16.7. The van der Waals surface area contributed by atoms with Crippen LogP contribution in [0.4, 0.5) is 4.79 Å². The number of rotatable bonds is 4. The summed E-state index contributed by atoms with van der Waals surface area (Å²) in [4.78, 5) is 40.3. The molecule has 1 fully saturated rings. The molecule has 7 nitrogen and oxygen atoms in total. The number of hydrogen-bond donors (Lipinski definition) is 1. The van der Waals surface area contributed by atoms with E-state index in [1.807, 2.05) is 40.0 Å². The Morgan fingerprint density at radius 3 is 2.52 bits per heavy atom. The summed E-state index contributed by atoms with van der Waals surface area (Å²) in [6.45, 7) is 11.0. The lowest BCUT2D eigenvalue weighted by molar-refractivity contribution is -0.140. The first kappa shape index (κ1) is 21.2. The maximum atomic E-state index is 12.6. The Labute approximate surface area is 164 Å². The molecule has 1 aromatic rings. The first-order chi connectivity index (χ1) is 12.5. The molecule has 0 aromatic carbocycles. The van der Waals surface area contributed by atoms with Gasteiger partial charge in [0, 0.05) is 43.5 Å². The minimum Gasteiger partial charge on any atom is -0.444 e. The third-order valence-electron chi connectivity index (χ3n) is 4.26. The minimum atomic E-state index is -0.547. The topological polar surface area (TPSA) is 79.0 Å². The van der Waals surface area contributed by atoms with Gasteiger partial charge in [0.25, 0.3) is 5.91 Å². The SMILES string of the molecule is CC(C)(C)OC(=O)N1CCN(C(=O)CCNC(=O)c2ccsc2)C(C)(C)C1. The molecular formula is C19H29N3O4S. The van der Waals surface area contributed by atoms with Crippen molar-refractivity contribution in [2.45, 2.75) is 52.2 Å². The number of carbonyl (C=O) groups excluding carboxylic acids is 3. The molecule has 0 radical (unpaired) electrons. The molecule has 0 aliphatic carbocycles. The summed E-state index contributed by atoms with van der Waals surface area (Å²) in [5.41, 5.74) is -0.433. The van der Waals surface area contributed by atoms with E-state index in [0.29, 0.717) is 25.2 Å². The van der Waals surface area contributed by atoms with Crippen LogP contribution < -0.4 is 5.32 Å². The Morgan fingerprint density at radius 2 is 1.96 bits per heavy atom. The first-order valence-electron chi connectivity index (χ1n) is 9.08. The lowest BCUT2D eigenvalue weighted by Crippen LogP contribution is -2.62. The summed E-state index contributed by atoms with van der Waals surface area (Å²) in [6, 6.07) is 1.75. The van der Waals surface area contributed by atoms with E-state index in [1.165, 1.54) is 11.3 Å². The van der Waals surface area contributed by atoms with Crippen molar-refractivity contribution in [1.29, 1.82) is 0 Å². The number of ether oxygens (including phenoxy) is 1. The monoisotopic (exact) mass is 395 g/mol. The third-order valence-corrected chi connectivity index (χ3v) is 4.95. The van der Waals surface area contributed by atoms with Gasteiger partial charge in [0.15, 0.2) is 0 Å². The van der Waals surface area contributed by atoms with E-state index in [-0.39, 0.29) is 30.9 Å². The quantitative estimate of drug-likeness (QED) is 0.850.